The number of nitrogens with zero attached hydrogens (tertiary/aromatic N) is 1. The summed E-state index contributed by atoms with van der Waals surface area (Å²) in [5, 5.41) is 0.379. The fraction of sp³-hybridized carbons (Fsp3) is 0.0625. The Hall–Kier alpha value is -2.22. The summed E-state index contributed by atoms with van der Waals surface area (Å²) in [4.78, 5) is 35.8. The molecule has 2 N–H and O–H groups in total. The predicted octanol–water partition coefficient (Wildman–Crippen LogP) is 3.78. The maximum Gasteiger partial charge on any atom is 0.294 e. The van der Waals surface area contributed by atoms with Gasteiger partial charge in [-0.15, -0.1) is 0 Å². The van der Waals surface area contributed by atoms with Gasteiger partial charge in [0.25, 0.3) is 11.1 Å². The molecule has 0 bridgehead atoms. The second-order valence-corrected chi connectivity index (χ2v) is 6.96. The summed E-state index contributed by atoms with van der Waals surface area (Å²) in [5.41, 5.74) is 5.71. The maximum absolute atomic E-state index is 12.2. The Bertz CT molecular complexity index is 902. The third kappa shape index (κ3) is 3.89. The summed E-state index contributed by atoms with van der Waals surface area (Å²) in [6.45, 7) is -0.452. The van der Waals surface area contributed by atoms with E-state index in [0.717, 1.165) is 16.7 Å². The van der Waals surface area contributed by atoms with Gasteiger partial charge in [-0.2, -0.15) is 0 Å². The Balaban J connectivity index is 1.86. The minimum atomic E-state index is -0.762. The van der Waals surface area contributed by atoms with Crippen molar-refractivity contribution in [2.45, 2.75) is 0 Å². The Morgan fingerprint density at radius 3 is 2.52 bits per heavy atom. The first kappa shape index (κ1) is 17.6. The standard InChI is InChI=1S/C16H10Cl2N2O4S/c17-9-3-8(4-10(18)5-9)12-2-1-11(24-12)6-13-15(22)20(7-14(19)21)16(23)25-13/h1-6H,7H2,(H2,19,21)/b13-6-. The fourth-order valence-electron chi connectivity index (χ4n) is 2.20. The van der Waals surface area contributed by atoms with Crippen molar-refractivity contribution in [3.63, 3.8) is 0 Å². The average molecular weight is 397 g/mol. The topological polar surface area (TPSA) is 93.6 Å². The molecule has 1 fully saturated rings. The van der Waals surface area contributed by atoms with E-state index in [9.17, 15) is 14.4 Å². The van der Waals surface area contributed by atoms with Crippen LogP contribution >= 0.6 is 35.0 Å². The van der Waals surface area contributed by atoms with Crippen LogP contribution in [0.2, 0.25) is 10.0 Å². The number of rotatable bonds is 4. The SMILES string of the molecule is NC(=O)CN1C(=O)S/C(=C\c2ccc(-c3cc(Cl)cc(Cl)c3)o2)C1=O. The number of thioether (sulfide) groups is 1. The first-order chi connectivity index (χ1) is 11.8. The van der Waals surface area contributed by atoms with Gasteiger partial charge in [0.1, 0.15) is 18.1 Å². The molecule has 3 amide bonds. The normalized spacial score (nSPS) is 16.1. The van der Waals surface area contributed by atoms with E-state index in [1.54, 1.807) is 30.3 Å². The van der Waals surface area contributed by atoms with Crippen molar-refractivity contribution < 1.29 is 18.8 Å². The summed E-state index contributed by atoms with van der Waals surface area (Å²) in [6.07, 6.45) is 1.43. The lowest BCUT2D eigenvalue weighted by molar-refractivity contribution is -0.127. The van der Waals surface area contributed by atoms with Crippen LogP contribution < -0.4 is 5.73 Å². The molecule has 0 saturated carbocycles. The van der Waals surface area contributed by atoms with E-state index in [2.05, 4.69) is 0 Å². The molecule has 0 unspecified atom stereocenters. The largest absolute Gasteiger partial charge is 0.457 e. The van der Waals surface area contributed by atoms with Gasteiger partial charge in [0, 0.05) is 21.7 Å². The van der Waals surface area contributed by atoms with Crippen LogP contribution in [0.15, 0.2) is 39.7 Å². The molecule has 0 aliphatic carbocycles. The third-order valence-corrected chi connectivity index (χ3v) is 4.58. The highest BCUT2D eigenvalue weighted by atomic mass is 35.5. The molecule has 3 rings (SSSR count). The van der Waals surface area contributed by atoms with Gasteiger partial charge in [-0.3, -0.25) is 19.3 Å². The lowest BCUT2D eigenvalue weighted by Gasteiger charge is -2.08. The van der Waals surface area contributed by atoms with Gasteiger partial charge in [0.15, 0.2) is 0 Å². The number of furan rings is 1. The van der Waals surface area contributed by atoms with Crippen molar-refractivity contribution in [3.05, 3.63) is 51.0 Å². The van der Waals surface area contributed by atoms with E-state index in [0.29, 0.717) is 27.1 Å². The number of carbonyl (C=O) groups is 3. The van der Waals surface area contributed by atoms with E-state index < -0.39 is 23.6 Å². The zero-order chi connectivity index (χ0) is 18.1. The van der Waals surface area contributed by atoms with Gasteiger partial charge >= 0.3 is 0 Å². The number of imide groups is 1. The molecular formula is C16H10Cl2N2O4S. The molecule has 0 spiro atoms. The smallest absolute Gasteiger partial charge is 0.294 e. The van der Waals surface area contributed by atoms with Gasteiger partial charge < -0.3 is 10.2 Å². The highest BCUT2D eigenvalue weighted by Crippen LogP contribution is 2.34. The second kappa shape index (κ2) is 6.95. The number of carbonyl (C=O) groups excluding carboxylic acids is 3. The highest BCUT2D eigenvalue weighted by Gasteiger charge is 2.36. The van der Waals surface area contributed by atoms with Crippen LogP contribution in [0.5, 0.6) is 0 Å². The van der Waals surface area contributed by atoms with E-state index in [1.165, 1.54) is 6.08 Å². The first-order valence-electron chi connectivity index (χ1n) is 6.93. The number of nitrogens with two attached hydrogens (primary N) is 1. The average Bonchev–Trinajstić information content (AvgIpc) is 3.07. The molecule has 1 aliphatic heterocycles. The Kier molecular flexibility index (Phi) is 4.89. The van der Waals surface area contributed by atoms with Gasteiger partial charge in [0.05, 0.1) is 4.91 Å². The Morgan fingerprint density at radius 2 is 1.88 bits per heavy atom. The fourth-order valence-corrected chi connectivity index (χ4v) is 3.55. The highest BCUT2D eigenvalue weighted by molar-refractivity contribution is 8.18. The number of amides is 3. The van der Waals surface area contributed by atoms with Crippen LogP contribution in [0.25, 0.3) is 17.4 Å². The minimum Gasteiger partial charge on any atom is -0.457 e. The van der Waals surface area contributed by atoms with Gasteiger partial charge in [-0.05, 0) is 42.1 Å². The Morgan fingerprint density at radius 1 is 1.20 bits per heavy atom. The molecule has 128 valence electrons. The van der Waals surface area contributed by atoms with Crippen LogP contribution in [0.4, 0.5) is 4.79 Å². The maximum atomic E-state index is 12.2. The quantitative estimate of drug-likeness (QED) is 0.793. The Labute approximate surface area is 156 Å². The molecule has 0 radical (unpaired) electrons. The number of halogens is 2. The molecule has 9 heteroatoms. The van der Waals surface area contributed by atoms with E-state index in [1.807, 2.05) is 0 Å². The van der Waals surface area contributed by atoms with Gasteiger partial charge in [-0.25, -0.2) is 0 Å². The van der Waals surface area contributed by atoms with Crippen LogP contribution in [-0.2, 0) is 9.59 Å². The van der Waals surface area contributed by atoms with Crippen molar-refractivity contribution >= 4 is 58.1 Å². The summed E-state index contributed by atoms with van der Waals surface area (Å²) >= 11 is 12.7. The molecule has 0 atom stereocenters. The molecule has 1 aromatic heterocycles. The van der Waals surface area contributed by atoms with Crippen molar-refractivity contribution in [2.75, 3.05) is 6.54 Å². The molecule has 25 heavy (non-hydrogen) atoms. The monoisotopic (exact) mass is 396 g/mol. The lowest BCUT2D eigenvalue weighted by atomic mass is 10.2. The molecule has 6 nitrogen and oxygen atoms in total. The number of benzene rings is 1. The molecule has 1 aromatic carbocycles. The van der Waals surface area contributed by atoms with Crippen molar-refractivity contribution in [3.8, 4) is 11.3 Å². The lowest BCUT2D eigenvalue weighted by Crippen LogP contribution is -2.36. The molecule has 2 aromatic rings. The molecular weight excluding hydrogens is 387 g/mol. The van der Waals surface area contributed by atoms with E-state index in [4.69, 9.17) is 33.4 Å². The summed E-state index contributed by atoms with van der Waals surface area (Å²) in [5.74, 6) is -0.470. The van der Waals surface area contributed by atoms with Crippen molar-refractivity contribution in [1.29, 1.82) is 0 Å². The zero-order valence-corrected chi connectivity index (χ0v) is 14.8. The zero-order valence-electron chi connectivity index (χ0n) is 12.5. The van der Waals surface area contributed by atoms with E-state index in [-0.39, 0.29) is 4.91 Å². The minimum absolute atomic E-state index is 0.149. The third-order valence-electron chi connectivity index (χ3n) is 3.23. The van der Waals surface area contributed by atoms with Crippen LogP contribution in [0, 0.1) is 0 Å². The van der Waals surface area contributed by atoms with Crippen molar-refractivity contribution in [2.24, 2.45) is 5.73 Å². The second-order valence-electron chi connectivity index (χ2n) is 5.09. The van der Waals surface area contributed by atoms with E-state index >= 15 is 0 Å². The van der Waals surface area contributed by atoms with Crippen LogP contribution in [-0.4, -0.2) is 28.5 Å². The molecule has 2 heterocycles. The summed E-state index contributed by atoms with van der Waals surface area (Å²) in [6, 6.07) is 8.33. The predicted molar refractivity (Wildman–Crippen MR) is 96.0 cm³/mol. The van der Waals surface area contributed by atoms with Crippen LogP contribution in [0.1, 0.15) is 5.76 Å². The first-order valence-corrected chi connectivity index (χ1v) is 8.51. The summed E-state index contributed by atoms with van der Waals surface area (Å²) < 4.78 is 5.66. The number of primary amides is 1. The van der Waals surface area contributed by atoms with Gasteiger partial charge in [-0.1, -0.05) is 23.2 Å². The summed E-state index contributed by atoms with van der Waals surface area (Å²) in [7, 11) is 0. The van der Waals surface area contributed by atoms with Crippen molar-refractivity contribution in [1.82, 2.24) is 4.90 Å². The molecule has 1 aliphatic rings. The van der Waals surface area contributed by atoms with Crippen LogP contribution in [0.3, 0.4) is 0 Å². The number of hydrogen-bond donors (Lipinski definition) is 1. The number of hydrogen-bond acceptors (Lipinski definition) is 5. The van der Waals surface area contributed by atoms with Gasteiger partial charge in [0.2, 0.25) is 5.91 Å². The molecule has 1 saturated heterocycles.